The summed E-state index contributed by atoms with van der Waals surface area (Å²) < 4.78 is 0. The summed E-state index contributed by atoms with van der Waals surface area (Å²) in [6.45, 7) is 2.12. The number of hydrogen-bond donors (Lipinski definition) is 3. The molecular weight excluding hydrogens is 254 g/mol. The Morgan fingerprint density at radius 2 is 1.60 bits per heavy atom. The van der Waals surface area contributed by atoms with Crippen LogP contribution in [0.25, 0.3) is 0 Å². The molecule has 1 aliphatic carbocycles. The lowest BCUT2D eigenvalue weighted by Crippen LogP contribution is -2.24. The van der Waals surface area contributed by atoms with Gasteiger partial charge in [-0.05, 0) is 43.9 Å². The van der Waals surface area contributed by atoms with E-state index in [0.717, 1.165) is 5.69 Å². The number of nitrogens with one attached hydrogen (secondary N) is 1. The van der Waals surface area contributed by atoms with E-state index in [1.165, 1.54) is 31.7 Å². The summed E-state index contributed by atoms with van der Waals surface area (Å²) in [6.07, 6.45) is 4.97. The lowest BCUT2D eigenvalue weighted by Gasteiger charge is -2.22. The van der Waals surface area contributed by atoms with Gasteiger partial charge in [0.15, 0.2) is 0 Å². The second-order valence-corrected chi connectivity index (χ2v) is 5.51. The van der Waals surface area contributed by atoms with E-state index in [0.29, 0.717) is 23.1 Å². The molecule has 1 atom stereocenters. The minimum atomic E-state index is -0.565. The molecule has 2 amide bonds. The van der Waals surface area contributed by atoms with Gasteiger partial charge in [-0.2, -0.15) is 0 Å². The number of hydrogen-bond acceptors (Lipinski definition) is 3. The fraction of sp³-hybridized carbons (Fsp3) is 0.467. The van der Waals surface area contributed by atoms with Gasteiger partial charge in [-0.25, -0.2) is 0 Å². The number of rotatable bonds is 5. The highest BCUT2D eigenvalue weighted by molar-refractivity contribution is 5.99. The van der Waals surface area contributed by atoms with E-state index in [1.807, 2.05) is 0 Å². The molecule has 5 nitrogen and oxygen atoms in total. The van der Waals surface area contributed by atoms with Gasteiger partial charge in [0.2, 0.25) is 11.8 Å². The van der Waals surface area contributed by atoms with E-state index in [-0.39, 0.29) is 0 Å². The molecule has 20 heavy (non-hydrogen) atoms. The molecule has 1 aromatic rings. The summed E-state index contributed by atoms with van der Waals surface area (Å²) in [7, 11) is 0. The van der Waals surface area contributed by atoms with Crippen molar-refractivity contribution in [2.45, 2.75) is 38.6 Å². The van der Waals surface area contributed by atoms with Gasteiger partial charge in [0.1, 0.15) is 0 Å². The Hall–Kier alpha value is -2.04. The van der Waals surface area contributed by atoms with Gasteiger partial charge in [0.05, 0.1) is 0 Å². The first kappa shape index (κ1) is 14.4. The molecule has 0 radical (unpaired) electrons. The summed E-state index contributed by atoms with van der Waals surface area (Å²) in [4.78, 5) is 22.6. The van der Waals surface area contributed by atoms with Crippen molar-refractivity contribution in [3.8, 4) is 0 Å². The van der Waals surface area contributed by atoms with Crippen LogP contribution in [-0.2, 0) is 0 Å². The van der Waals surface area contributed by atoms with Gasteiger partial charge in [-0.15, -0.1) is 0 Å². The Morgan fingerprint density at radius 3 is 2.05 bits per heavy atom. The highest BCUT2D eigenvalue weighted by Crippen LogP contribution is 2.29. The molecule has 108 valence electrons. The number of carbonyl (C=O) groups excluding carboxylic acids is 2. The lowest BCUT2D eigenvalue weighted by atomic mass is 9.99. The molecule has 1 aliphatic rings. The summed E-state index contributed by atoms with van der Waals surface area (Å²) in [5.74, 6) is -0.501. The predicted octanol–water partition coefficient (Wildman–Crippen LogP) is 1.87. The van der Waals surface area contributed by atoms with E-state index in [1.54, 1.807) is 12.1 Å². The van der Waals surface area contributed by atoms with Crippen LogP contribution in [-0.4, -0.2) is 17.9 Å². The molecule has 0 aliphatic heterocycles. The van der Waals surface area contributed by atoms with E-state index in [9.17, 15) is 9.59 Å². The van der Waals surface area contributed by atoms with E-state index >= 15 is 0 Å². The van der Waals surface area contributed by atoms with E-state index in [2.05, 4.69) is 12.2 Å². The first-order valence-electron chi connectivity index (χ1n) is 6.98. The standard InChI is InChI=1S/C15H21N3O2/c1-9(10-4-2-3-5-10)18-13-7-11(14(16)19)6-12(8-13)15(17)20/h6-10,18H,2-5H2,1H3,(H2,16,19)(H2,17,20). The Balaban J connectivity index is 2.21. The molecule has 1 unspecified atom stereocenters. The molecule has 0 heterocycles. The Labute approximate surface area is 118 Å². The SMILES string of the molecule is CC(Nc1cc(C(N)=O)cc(C(N)=O)c1)C1CCCC1. The molecule has 0 aromatic heterocycles. The minimum Gasteiger partial charge on any atom is -0.382 e. The molecule has 0 bridgehead atoms. The van der Waals surface area contributed by atoms with Gasteiger partial charge in [0, 0.05) is 22.9 Å². The van der Waals surface area contributed by atoms with Crippen molar-refractivity contribution in [3.63, 3.8) is 0 Å². The van der Waals surface area contributed by atoms with Crippen molar-refractivity contribution in [2.75, 3.05) is 5.32 Å². The number of anilines is 1. The minimum absolute atomic E-state index is 0.293. The fourth-order valence-electron chi connectivity index (χ4n) is 2.83. The third-order valence-corrected chi connectivity index (χ3v) is 4.00. The Kier molecular flexibility index (Phi) is 4.27. The van der Waals surface area contributed by atoms with Gasteiger partial charge in [-0.3, -0.25) is 9.59 Å². The van der Waals surface area contributed by atoms with Crippen molar-refractivity contribution < 1.29 is 9.59 Å². The van der Waals surface area contributed by atoms with Crippen molar-refractivity contribution in [1.29, 1.82) is 0 Å². The summed E-state index contributed by atoms with van der Waals surface area (Å²) in [6, 6.07) is 5.05. The van der Waals surface area contributed by atoms with Gasteiger partial charge in [0.25, 0.3) is 0 Å². The normalized spacial score (nSPS) is 16.9. The van der Waals surface area contributed by atoms with Gasteiger partial charge >= 0.3 is 0 Å². The number of carbonyl (C=O) groups is 2. The largest absolute Gasteiger partial charge is 0.382 e. The van der Waals surface area contributed by atoms with E-state index < -0.39 is 11.8 Å². The van der Waals surface area contributed by atoms with Crippen LogP contribution in [0.4, 0.5) is 5.69 Å². The number of nitrogens with two attached hydrogens (primary N) is 2. The predicted molar refractivity (Wildman–Crippen MR) is 78.5 cm³/mol. The quantitative estimate of drug-likeness (QED) is 0.765. The van der Waals surface area contributed by atoms with Crippen molar-refractivity contribution >= 4 is 17.5 Å². The average Bonchev–Trinajstić information content (AvgIpc) is 2.92. The van der Waals surface area contributed by atoms with Crippen LogP contribution in [0, 0.1) is 5.92 Å². The molecule has 0 saturated heterocycles. The lowest BCUT2D eigenvalue weighted by molar-refractivity contribution is 0.0999. The number of amides is 2. The van der Waals surface area contributed by atoms with Crippen molar-refractivity contribution in [2.24, 2.45) is 17.4 Å². The zero-order valence-corrected chi connectivity index (χ0v) is 11.7. The Bertz CT molecular complexity index is 490. The highest BCUT2D eigenvalue weighted by atomic mass is 16.1. The smallest absolute Gasteiger partial charge is 0.248 e. The Morgan fingerprint density at radius 1 is 1.10 bits per heavy atom. The van der Waals surface area contributed by atoms with Crippen LogP contribution in [0.5, 0.6) is 0 Å². The molecule has 1 aromatic carbocycles. The van der Waals surface area contributed by atoms with Crippen LogP contribution >= 0.6 is 0 Å². The topological polar surface area (TPSA) is 98.2 Å². The monoisotopic (exact) mass is 275 g/mol. The molecule has 0 spiro atoms. The van der Waals surface area contributed by atoms with Gasteiger partial charge in [-0.1, -0.05) is 12.8 Å². The number of primary amides is 2. The zero-order chi connectivity index (χ0) is 14.7. The van der Waals surface area contributed by atoms with Crippen molar-refractivity contribution in [1.82, 2.24) is 0 Å². The molecule has 1 fully saturated rings. The highest BCUT2D eigenvalue weighted by Gasteiger charge is 2.21. The molecule has 5 heteroatoms. The zero-order valence-electron chi connectivity index (χ0n) is 11.7. The fourth-order valence-corrected chi connectivity index (χ4v) is 2.83. The molecule has 2 rings (SSSR count). The first-order chi connectivity index (χ1) is 9.47. The second-order valence-electron chi connectivity index (χ2n) is 5.51. The summed E-state index contributed by atoms with van der Waals surface area (Å²) >= 11 is 0. The third-order valence-electron chi connectivity index (χ3n) is 4.00. The van der Waals surface area contributed by atoms with E-state index in [4.69, 9.17) is 11.5 Å². The molecular formula is C15H21N3O2. The van der Waals surface area contributed by atoms with Crippen LogP contribution in [0.3, 0.4) is 0 Å². The number of benzene rings is 1. The average molecular weight is 275 g/mol. The molecule has 1 saturated carbocycles. The first-order valence-corrected chi connectivity index (χ1v) is 6.98. The second kappa shape index (κ2) is 5.94. The van der Waals surface area contributed by atoms with Crippen molar-refractivity contribution in [3.05, 3.63) is 29.3 Å². The van der Waals surface area contributed by atoms with Crippen LogP contribution < -0.4 is 16.8 Å². The maximum atomic E-state index is 11.3. The third kappa shape index (κ3) is 3.29. The maximum Gasteiger partial charge on any atom is 0.248 e. The van der Waals surface area contributed by atoms with Crippen LogP contribution in [0.2, 0.25) is 0 Å². The molecule has 5 N–H and O–H groups in total. The maximum absolute atomic E-state index is 11.3. The summed E-state index contributed by atoms with van der Waals surface area (Å²) in [5, 5.41) is 3.36. The van der Waals surface area contributed by atoms with Crippen LogP contribution in [0.1, 0.15) is 53.3 Å². The van der Waals surface area contributed by atoms with Gasteiger partial charge < -0.3 is 16.8 Å². The van der Waals surface area contributed by atoms with Crippen LogP contribution in [0.15, 0.2) is 18.2 Å². The summed E-state index contributed by atoms with van der Waals surface area (Å²) in [5.41, 5.74) is 11.9.